The molecule has 0 fully saturated rings. The Morgan fingerprint density at radius 3 is 2.57 bits per heavy atom. The molecule has 2 nitrogen and oxygen atoms in total. The fraction of sp³-hybridized carbons (Fsp3) is 0.143. The van der Waals surface area contributed by atoms with E-state index in [4.69, 9.17) is 5.73 Å². The van der Waals surface area contributed by atoms with Gasteiger partial charge in [0, 0.05) is 28.7 Å². The number of anilines is 2. The molecule has 0 spiro atoms. The van der Waals surface area contributed by atoms with Crippen molar-refractivity contribution >= 4 is 27.7 Å². The van der Waals surface area contributed by atoms with E-state index in [-0.39, 0.29) is 0 Å². The first kappa shape index (κ1) is 13.9. The van der Waals surface area contributed by atoms with Crippen LogP contribution in [0.25, 0.3) is 16.3 Å². The van der Waals surface area contributed by atoms with Gasteiger partial charge in [-0.25, -0.2) is 0 Å². The van der Waals surface area contributed by atoms with Crippen molar-refractivity contribution in [3.8, 4) is 0 Å². The first-order valence-corrected chi connectivity index (χ1v) is 8.11. The van der Waals surface area contributed by atoms with E-state index in [2.05, 4.69) is 59.9 Å². The van der Waals surface area contributed by atoms with Crippen molar-refractivity contribution in [2.75, 3.05) is 17.6 Å². The van der Waals surface area contributed by atoms with Crippen molar-refractivity contribution in [1.29, 1.82) is 0 Å². The van der Waals surface area contributed by atoms with Crippen LogP contribution in [0.5, 0.6) is 0 Å². The Hall–Kier alpha value is -2.74. The summed E-state index contributed by atoms with van der Waals surface area (Å²) in [5.74, 6) is 0. The van der Waals surface area contributed by atoms with Gasteiger partial charge in [-0.05, 0) is 41.7 Å². The Morgan fingerprint density at radius 2 is 1.65 bits per heavy atom. The quantitative estimate of drug-likeness (QED) is 0.675. The molecule has 0 heterocycles. The Kier molecular flexibility index (Phi) is 3.51. The minimum absolute atomic E-state index is 0.832. The van der Waals surface area contributed by atoms with Gasteiger partial charge in [0.2, 0.25) is 0 Å². The number of rotatable bonds is 4. The molecule has 1 aliphatic rings. The van der Waals surface area contributed by atoms with Crippen LogP contribution in [0.15, 0.2) is 66.7 Å². The molecule has 114 valence electrons. The molecule has 0 atom stereocenters. The van der Waals surface area contributed by atoms with Gasteiger partial charge in [0.25, 0.3) is 0 Å². The zero-order valence-corrected chi connectivity index (χ0v) is 13.0. The van der Waals surface area contributed by atoms with Crippen molar-refractivity contribution in [3.63, 3.8) is 0 Å². The van der Waals surface area contributed by atoms with E-state index in [1.165, 1.54) is 22.1 Å². The van der Waals surface area contributed by atoms with Crippen molar-refractivity contribution in [3.05, 3.63) is 77.9 Å². The molecular weight excluding hydrogens is 280 g/mol. The lowest BCUT2D eigenvalue weighted by atomic mass is 10.0. The topological polar surface area (TPSA) is 38.0 Å². The van der Waals surface area contributed by atoms with Crippen LogP contribution in [0.3, 0.4) is 0 Å². The molecule has 2 heteroatoms. The van der Waals surface area contributed by atoms with Crippen LogP contribution in [0.2, 0.25) is 0 Å². The zero-order chi connectivity index (χ0) is 15.6. The van der Waals surface area contributed by atoms with Crippen molar-refractivity contribution in [1.82, 2.24) is 0 Å². The van der Waals surface area contributed by atoms with Crippen LogP contribution >= 0.6 is 0 Å². The Bertz CT molecular complexity index is 893. The zero-order valence-electron chi connectivity index (χ0n) is 13.0. The van der Waals surface area contributed by atoms with E-state index in [9.17, 15) is 0 Å². The summed E-state index contributed by atoms with van der Waals surface area (Å²) in [6.07, 6.45) is 4.46. The van der Waals surface area contributed by atoms with Crippen molar-refractivity contribution in [2.24, 2.45) is 0 Å². The van der Waals surface area contributed by atoms with Gasteiger partial charge in [-0.3, -0.25) is 0 Å². The van der Waals surface area contributed by atoms with E-state index in [0.717, 1.165) is 36.1 Å². The average molecular weight is 300 g/mol. The van der Waals surface area contributed by atoms with Crippen LogP contribution in [0.1, 0.15) is 17.5 Å². The van der Waals surface area contributed by atoms with E-state index < -0.39 is 0 Å². The fourth-order valence-corrected chi connectivity index (χ4v) is 3.40. The van der Waals surface area contributed by atoms with Gasteiger partial charge >= 0.3 is 0 Å². The summed E-state index contributed by atoms with van der Waals surface area (Å²) in [6, 6.07) is 21.0. The van der Waals surface area contributed by atoms with Crippen LogP contribution in [0.4, 0.5) is 11.4 Å². The summed E-state index contributed by atoms with van der Waals surface area (Å²) in [7, 11) is 0. The Morgan fingerprint density at radius 1 is 0.870 bits per heavy atom. The number of hydrogen-bond donors (Lipinski definition) is 2. The molecule has 0 saturated carbocycles. The maximum absolute atomic E-state index is 6.07. The minimum Gasteiger partial charge on any atom is -0.398 e. The number of allylic oxidation sites excluding steroid dienone is 1. The summed E-state index contributed by atoms with van der Waals surface area (Å²) in [5, 5.41) is 5.88. The molecule has 0 bridgehead atoms. The van der Waals surface area contributed by atoms with Crippen LogP contribution in [-0.2, 0) is 6.42 Å². The third kappa shape index (κ3) is 2.57. The smallest absolute Gasteiger partial charge is 0.0421 e. The number of nitrogen functional groups attached to an aromatic ring is 1. The SMILES string of the molecule is Nc1ccc(NCCC2=CCc3ccccc32)c2ccccc12. The number of hydrogen-bond acceptors (Lipinski definition) is 2. The molecule has 0 aromatic heterocycles. The van der Waals surface area contributed by atoms with Gasteiger partial charge < -0.3 is 11.1 Å². The standard InChI is InChI=1S/C21H20N2/c22-20-11-12-21(19-8-4-3-7-18(19)20)23-14-13-16-10-9-15-5-1-2-6-17(15)16/h1-8,10-12,23H,9,13-14,22H2. The van der Waals surface area contributed by atoms with Gasteiger partial charge in [0.15, 0.2) is 0 Å². The second-order valence-corrected chi connectivity index (χ2v) is 6.02. The summed E-state index contributed by atoms with van der Waals surface area (Å²) in [5.41, 5.74) is 12.4. The summed E-state index contributed by atoms with van der Waals surface area (Å²) >= 11 is 0. The lowest BCUT2D eigenvalue weighted by molar-refractivity contribution is 1.09. The highest BCUT2D eigenvalue weighted by atomic mass is 14.9. The van der Waals surface area contributed by atoms with E-state index >= 15 is 0 Å². The normalized spacial score (nSPS) is 13.0. The molecule has 4 rings (SSSR count). The molecule has 3 aromatic rings. The van der Waals surface area contributed by atoms with E-state index in [1.807, 2.05) is 12.1 Å². The molecule has 3 N–H and O–H groups in total. The van der Waals surface area contributed by atoms with Gasteiger partial charge in [0.1, 0.15) is 0 Å². The van der Waals surface area contributed by atoms with Gasteiger partial charge in [-0.2, -0.15) is 0 Å². The number of fused-ring (bicyclic) bond motifs is 2. The third-order valence-electron chi connectivity index (χ3n) is 4.60. The van der Waals surface area contributed by atoms with Crippen LogP contribution in [-0.4, -0.2) is 6.54 Å². The summed E-state index contributed by atoms with van der Waals surface area (Å²) in [6.45, 7) is 0.925. The minimum atomic E-state index is 0.832. The van der Waals surface area contributed by atoms with Crippen molar-refractivity contribution in [2.45, 2.75) is 12.8 Å². The third-order valence-corrected chi connectivity index (χ3v) is 4.60. The second-order valence-electron chi connectivity index (χ2n) is 6.02. The Labute approximate surface area is 136 Å². The lowest BCUT2D eigenvalue weighted by Gasteiger charge is -2.12. The summed E-state index contributed by atoms with van der Waals surface area (Å²) in [4.78, 5) is 0. The first-order chi connectivity index (χ1) is 11.3. The molecule has 0 aliphatic heterocycles. The number of benzene rings is 3. The van der Waals surface area contributed by atoms with Crippen molar-refractivity contribution < 1.29 is 0 Å². The van der Waals surface area contributed by atoms with E-state index in [0.29, 0.717) is 0 Å². The molecule has 0 amide bonds. The monoisotopic (exact) mass is 300 g/mol. The summed E-state index contributed by atoms with van der Waals surface area (Å²) < 4.78 is 0. The average Bonchev–Trinajstić information content (AvgIpc) is 3.01. The number of nitrogens with one attached hydrogen (secondary N) is 1. The number of nitrogens with two attached hydrogens (primary N) is 1. The molecule has 3 aromatic carbocycles. The molecule has 0 unspecified atom stereocenters. The maximum Gasteiger partial charge on any atom is 0.0421 e. The molecule has 23 heavy (non-hydrogen) atoms. The maximum atomic E-state index is 6.07. The highest BCUT2D eigenvalue weighted by molar-refractivity contribution is 6.01. The van der Waals surface area contributed by atoms with E-state index in [1.54, 1.807) is 0 Å². The molecular formula is C21H20N2. The predicted molar refractivity (Wildman–Crippen MR) is 99.6 cm³/mol. The van der Waals surface area contributed by atoms with Gasteiger partial charge in [-0.15, -0.1) is 0 Å². The Balaban J connectivity index is 1.50. The molecule has 0 saturated heterocycles. The lowest BCUT2D eigenvalue weighted by Crippen LogP contribution is -2.03. The fourth-order valence-electron chi connectivity index (χ4n) is 3.40. The van der Waals surface area contributed by atoms with Crippen LogP contribution in [0, 0.1) is 0 Å². The highest BCUT2D eigenvalue weighted by Crippen LogP contribution is 2.31. The molecule has 0 radical (unpaired) electrons. The largest absolute Gasteiger partial charge is 0.398 e. The van der Waals surface area contributed by atoms with Gasteiger partial charge in [0.05, 0.1) is 0 Å². The van der Waals surface area contributed by atoms with Gasteiger partial charge in [-0.1, -0.05) is 54.6 Å². The first-order valence-electron chi connectivity index (χ1n) is 8.11. The highest BCUT2D eigenvalue weighted by Gasteiger charge is 2.12. The predicted octanol–water partition coefficient (Wildman–Crippen LogP) is 4.86. The second kappa shape index (κ2) is 5.81. The van der Waals surface area contributed by atoms with Crippen LogP contribution < -0.4 is 11.1 Å². The molecule has 1 aliphatic carbocycles.